The molecular weight excluding hydrogens is 749 g/mol. The van der Waals surface area contributed by atoms with Gasteiger partial charge < -0.3 is 0 Å². The Morgan fingerprint density at radius 3 is 1.78 bits per heavy atom. The van der Waals surface area contributed by atoms with Crippen LogP contribution in [0.1, 0.15) is 40.9 Å². The van der Waals surface area contributed by atoms with Crippen molar-refractivity contribution >= 4 is 28.1 Å². The molecule has 60 heavy (non-hydrogen) atoms. The standard InChI is InChI=1S/C55H36N4S/c1-3-14-36(15-4-1)52-57-53(37-16-5-2-6-17-37)59-54(58-52)44-22-8-7-19-40(44)38-26-28-48-50(32-38)60-51-33-39(41-23-13-18-35-30-31-56-34-45(35)41)27-29-49(51)55(48)46-24-11-9-20-42(46)43-21-10-12-25-47(43)55/h1,3-5,7-34H,2,6H2. The van der Waals surface area contributed by atoms with Crippen molar-refractivity contribution in [1.82, 2.24) is 19.9 Å². The predicted octanol–water partition coefficient (Wildman–Crippen LogP) is 13.6. The first-order valence-electron chi connectivity index (χ1n) is 20.5. The molecule has 0 fully saturated rings. The Hall–Kier alpha value is -7.21. The third kappa shape index (κ3) is 5.39. The van der Waals surface area contributed by atoms with Gasteiger partial charge in [-0.3, -0.25) is 4.98 Å². The van der Waals surface area contributed by atoms with Crippen LogP contribution in [0.15, 0.2) is 204 Å². The quantitative estimate of drug-likeness (QED) is 0.174. The molecule has 3 aliphatic rings. The van der Waals surface area contributed by atoms with E-state index < -0.39 is 5.41 Å². The molecule has 282 valence electrons. The van der Waals surface area contributed by atoms with Gasteiger partial charge in [0.15, 0.2) is 17.5 Å². The molecule has 0 amide bonds. The minimum atomic E-state index is -0.491. The van der Waals surface area contributed by atoms with Crippen LogP contribution in [0.5, 0.6) is 0 Å². The van der Waals surface area contributed by atoms with E-state index in [1.165, 1.54) is 59.7 Å². The van der Waals surface area contributed by atoms with Crippen molar-refractivity contribution in [3.8, 4) is 56.2 Å². The molecule has 2 aromatic heterocycles. The fraction of sp³-hybridized carbons (Fsp3) is 0.0545. The van der Waals surface area contributed by atoms with Crippen LogP contribution in [0.3, 0.4) is 0 Å². The number of hydrogen-bond donors (Lipinski definition) is 0. The van der Waals surface area contributed by atoms with E-state index in [4.69, 9.17) is 15.0 Å². The number of aromatic nitrogens is 4. The highest BCUT2D eigenvalue weighted by molar-refractivity contribution is 7.99. The van der Waals surface area contributed by atoms with Gasteiger partial charge in [0.2, 0.25) is 0 Å². The Bertz CT molecular complexity index is 3210. The van der Waals surface area contributed by atoms with Crippen LogP contribution in [-0.2, 0) is 5.41 Å². The number of allylic oxidation sites excluding steroid dienone is 4. The van der Waals surface area contributed by atoms with E-state index in [0.717, 1.165) is 46.1 Å². The number of nitrogens with zero attached hydrogens (tertiary/aromatic N) is 4. The summed E-state index contributed by atoms with van der Waals surface area (Å²) >= 11 is 1.87. The van der Waals surface area contributed by atoms with Crippen LogP contribution in [0.4, 0.5) is 0 Å². The topological polar surface area (TPSA) is 51.6 Å². The fourth-order valence-electron chi connectivity index (χ4n) is 9.66. The summed E-state index contributed by atoms with van der Waals surface area (Å²) in [5, 5.41) is 2.34. The van der Waals surface area contributed by atoms with Crippen molar-refractivity contribution in [1.29, 1.82) is 0 Å². The summed E-state index contributed by atoms with van der Waals surface area (Å²) < 4.78 is 0. The van der Waals surface area contributed by atoms with E-state index in [2.05, 4.69) is 169 Å². The van der Waals surface area contributed by atoms with Crippen molar-refractivity contribution in [2.75, 3.05) is 0 Å². The maximum atomic E-state index is 5.17. The van der Waals surface area contributed by atoms with Crippen molar-refractivity contribution in [2.24, 2.45) is 0 Å². The molecule has 0 radical (unpaired) electrons. The van der Waals surface area contributed by atoms with Gasteiger partial charge in [0.1, 0.15) is 0 Å². The third-order valence-electron chi connectivity index (χ3n) is 12.3. The van der Waals surface area contributed by atoms with E-state index in [1.807, 2.05) is 42.4 Å². The zero-order chi connectivity index (χ0) is 39.6. The molecule has 9 aromatic rings. The van der Waals surface area contributed by atoms with Crippen molar-refractivity contribution in [3.05, 3.63) is 222 Å². The van der Waals surface area contributed by atoms with Crippen LogP contribution in [0, 0.1) is 0 Å². The Kier molecular flexibility index (Phi) is 8.10. The molecule has 0 N–H and O–H groups in total. The molecule has 0 bridgehead atoms. The SMILES string of the molecule is C1=CC(c2nc(-c3ccccc3)nc(-c3ccccc3-c3ccc4c(c3)Sc3cc(-c5cccc6ccncc56)ccc3C43c4ccccc4-c4ccccc43)n2)=CCC1. The average molecular weight is 785 g/mol. The van der Waals surface area contributed by atoms with Gasteiger partial charge in [0.05, 0.1) is 5.41 Å². The van der Waals surface area contributed by atoms with Gasteiger partial charge in [-0.1, -0.05) is 176 Å². The molecule has 2 aliphatic carbocycles. The van der Waals surface area contributed by atoms with Crippen LogP contribution in [0.25, 0.3) is 72.5 Å². The molecular formula is C55H36N4S. The highest BCUT2D eigenvalue weighted by Crippen LogP contribution is 2.62. The Balaban J connectivity index is 1.06. The maximum absolute atomic E-state index is 5.17. The lowest BCUT2D eigenvalue weighted by atomic mass is 9.67. The summed E-state index contributed by atoms with van der Waals surface area (Å²) in [5.74, 6) is 2.02. The van der Waals surface area contributed by atoms with Gasteiger partial charge in [-0.25, -0.2) is 15.0 Å². The van der Waals surface area contributed by atoms with Gasteiger partial charge in [-0.05, 0) is 92.1 Å². The second kappa shape index (κ2) is 14.0. The Morgan fingerprint density at radius 1 is 0.450 bits per heavy atom. The molecule has 0 saturated carbocycles. The molecule has 0 saturated heterocycles. The zero-order valence-electron chi connectivity index (χ0n) is 32.6. The minimum absolute atomic E-state index is 0.491. The molecule has 1 aliphatic heterocycles. The molecule has 5 heteroatoms. The first-order chi connectivity index (χ1) is 29.7. The van der Waals surface area contributed by atoms with E-state index in [1.54, 1.807) is 0 Å². The molecule has 7 aromatic carbocycles. The third-order valence-corrected chi connectivity index (χ3v) is 13.5. The van der Waals surface area contributed by atoms with E-state index in [-0.39, 0.29) is 0 Å². The van der Waals surface area contributed by atoms with E-state index >= 15 is 0 Å². The normalized spacial score (nSPS) is 14.3. The van der Waals surface area contributed by atoms with Crippen molar-refractivity contribution in [2.45, 2.75) is 28.0 Å². The zero-order valence-corrected chi connectivity index (χ0v) is 33.4. The van der Waals surface area contributed by atoms with Crippen LogP contribution in [-0.4, -0.2) is 19.9 Å². The average Bonchev–Trinajstić information content (AvgIpc) is 3.62. The first kappa shape index (κ1) is 34.8. The largest absolute Gasteiger partial charge is 0.264 e. The van der Waals surface area contributed by atoms with Crippen LogP contribution >= 0.6 is 11.8 Å². The summed E-state index contributed by atoms with van der Waals surface area (Å²) in [6, 6.07) is 59.6. The molecule has 4 nitrogen and oxygen atoms in total. The van der Waals surface area contributed by atoms with Crippen molar-refractivity contribution in [3.63, 3.8) is 0 Å². The molecule has 3 heterocycles. The summed E-state index contributed by atoms with van der Waals surface area (Å²) in [5.41, 5.74) is 14.9. The number of pyridine rings is 1. The lowest BCUT2D eigenvalue weighted by molar-refractivity contribution is 0.723. The van der Waals surface area contributed by atoms with Gasteiger partial charge in [0.25, 0.3) is 0 Å². The second-order valence-electron chi connectivity index (χ2n) is 15.6. The van der Waals surface area contributed by atoms with E-state index in [0.29, 0.717) is 17.5 Å². The minimum Gasteiger partial charge on any atom is -0.264 e. The molecule has 1 spiro atoms. The number of rotatable bonds is 5. The second-order valence-corrected chi connectivity index (χ2v) is 16.7. The first-order valence-corrected chi connectivity index (χ1v) is 21.3. The lowest BCUT2D eigenvalue weighted by Crippen LogP contribution is -2.32. The Labute approximate surface area is 353 Å². The monoisotopic (exact) mass is 784 g/mol. The molecule has 0 unspecified atom stereocenters. The number of fused-ring (bicyclic) bond motifs is 10. The maximum Gasteiger partial charge on any atom is 0.164 e. The van der Waals surface area contributed by atoms with Crippen LogP contribution in [0.2, 0.25) is 0 Å². The van der Waals surface area contributed by atoms with Gasteiger partial charge in [0, 0.05) is 44.3 Å². The number of hydrogen-bond acceptors (Lipinski definition) is 5. The Morgan fingerprint density at radius 2 is 1.07 bits per heavy atom. The summed E-state index contributed by atoms with van der Waals surface area (Å²) in [6.07, 6.45) is 12.4. The fourth-order valence-corrected chi connectivity index (χ4v) is 10.9. The number of benzene rings is 7. The summed E-state index contributed by atoms with van der Waals surface area (Å²) in [4.78, 5) is 22.3. The highest BCUT2D eigenvalue weighted by atomic mass is 32.2. The predicted molar refractivity (Wildman–Crippen MR) is 245 cm³/mol. The molecule has 0 atom stereocenters. The van der Waals surface area contributed by atoms with Gasteiger partial charge in [-0.2, -0.15) is 0 Å². The molecule has 12 rings (SSSR count). The summed E-state index contributed by atoms with van der Waals surface area (Å²) in [7, 11) is 0. The van der Waals surface area contributed by atoms with Gasteiger partial charge in [-0.15, -0.1) is 0 Å². The van der Waals surface area contributed by atoms with Crippen molar-refractivity contribution < 1.29 is 0 Å². The van der Waals surface area contributed by atoms with Gasteiger partial charge >= 0.3 is 0 Å². The highest BCUT2D eigenvalue weighted by Gasteiger charge is 2.50. The van der Waals surface area contributed by atoms with E-state index in [9.17, 15) is 0 Å². The lowest BCUT2D eigenvalue weighted by Gasteiger charge is -2.40. The smallest absolute Gasteiger partial charge is 0.164 e. The summed E-state index contributed by atoms with van der Waals surface area (Å²) in [6.45, 7) is 0. The van der Waals surface area contributed by atoms with Crippen LogP contribution < -0.4 is 0 Å².